The van der Waals surface area contributed by atoms with Crippen molar-refractivity contribution in [3.05, 3.63) is 29.6 Å². The Labute approximate surface area is 190 Å². The van der Waals surface area contributed by atoms with Crippen LogP contribution in [0.5, 0.6) is 5.75 Å². The van der Waals surface area contributed by atoms with Crippen molar-refractivity contribution in [2.75, 3.05) is 47.4 Å². The highest BCUT2D eigenvalue weighted by atomic mass is 127. The van der Waals surface area contributed by atoms with Gasteiger partial charge in [0.1, 0.15) is 6.54 Å². The summed E-state index contributed by atoms with van der Waals surface area (Å²) in [7, 11) is 4.92. The number of rotatable bonds is 7. The number of nitrogens with zero attached hydrogens (tertiary/aromatic N) is 3. The van der Waals surface area contributed by atoms with Gasteiger partial charge >= 0.3 is 0 Å². The van der Waals surface area contributed by atoms with Gasteiger partial charge < -0.3 is 20.3 Å². The first-order valence-corrected chi connectivity index (χ1v) is 9.72. The molecule has 1 aliphatic rings. The highest BCUT2D eigenvalue weighted by molar-refractivity contribution is 14.0. The van der Waals surface area contributed by atoms with E-state index >= 15 is 0 Å². The number of ether oxygens (including phenoxy) is 1. The lowest BCUT2D eigenvalue weighted by atomic mass is 10.0. The minimum atomic E-state index is -0.324. The number of aliphatic imine (C=N–C) groups is 1. The van der Waals surface area contributed by atoms with E-state index in [-0.39, 0.29) is 48.0 Å². The number of carbonyl (C=O) groups excluding carboxylic acids is 1. The number of methoxy groups -OCH3 is 1. The standard InChI is InChI=1S/C20H32FN5O2.HI/c1-5-22-20(23-13-19(27)25(2)3)24-16-8-10-26(11-9-16)14-15-6-7-18(28-4)17(21)12-15;/h6-7,12,16H,5,8-11,13-14H2,1-4H3,(H2,22,23,24);1H. The van der Waals surface area contributed by atoms with Gasteiger partial charge in [0.25, 0.3) is 0 Å². The second-order valence-electron chi connectivity index (χ2n) is 7.15. The SMILES string of the molecule is CCNC(=NCC(=O)N(C)C)NC1CCN(Cc2ccc(OC)c(F)c2)CC1.I. The van der Waals surface area contributed by atoms with Crippen LogP contribution in [0.4, 0.5) is 4.39 Å². The molecule has 0 spiro atoms. The molecule has 1 amide bonds. The van der Waals surface area contributed by atoms with Crippen LogP contribution >= 0.6 is 24.0 Å². The number of likely N-dealkylation sites (N-methyl/N-ethyl adjacent to an activating group) is 1. The fraction of sp³-hybridized carbons (Fsp3) is 0.600. The maximum absolute atomic E-state index is 13.9. The van der Waals surface area contributed by atoms with Gasteiger partial charge in [-0.25, -0.2) is 9.38 Å². The predicted octanol–water partition coefficient (Wildman–Crippen LogP) is 2.06. The van der Waals surface area contributed by atoms with Crippen LogP contribution in [-0.2, 0) is 11.3 Å². The lowest BCUT2D eigenvalue weighted by molar-refractivity contribution is -0.127. The van der Waals surface area contributed by atoms with Crippen molar-refractivity contribution < 1.29 is 13.9 Å². The Morgan fingerprint density at radius 1 is 1.34 bits per heavy atom. The summed E-state index contributed by atoms with van der Waals surface area (Å²) in [5, 5.41) is 6.62. The third-order valence-corrected chi connectivity index (χ3v) is 4.77. The minimum absolute atomic E-state index is 0. The predicted molar refractivity (Wildman–Crippen MR) is 124 cm³/mol. The molecule has 29 heavy (non-hydrogen) atoms. The van der Waals surface area contributed by atoms with Crippen molar-refractivity contribution in [2.45, 2.75) is 32.4 Å². The fourth-order valence-electron chi connectivity index (χ4n) is 3.10. The molecule has 2 rings (SSSR count). The topological polar surface area (TPSA) is 69.2 Å². The molecule has 0 bridgehead atoms. The Bertz CT molecular complexity index is 679. The van der Waals surface area contributed by atoms with E-state index in [1.54, 1.807) is 26.2 Å². The summed E-state index contributed by atoms with van der Waals surface area (Å²) in [5.74, 6) is 0.595. The average Bonchev–Trinajstić information content (AvgIpc) is 2.67. The number of piperidine rings is 1. The lowest BCUT2D eigenvalue weighted by Gasteiger charge is -2.33. The third-order valence-electron chi connectivity index (χ3n) is 4.77. The molecule has 2 N–H and O–H groups in total. The normalized spacial score (nSPS) is 15.4. The lowest BCUT2D eigenvalue weighted by Crippen LogP contribution is -2.48. The molecule has 1 fully saturated rings. The number of carbonyl (C=O) groups is 1. The summed E-state index contributed by atoms with van der Waals surface area (Å²) in [6.45, 7) is 5.43. The molecule has 9 heteroatoms. The van der Waals surface area contributed by atoms with E-state index in [1.807, 2.05) is 13.0 Å². The molecule has 0 saturated carbocycles. The summed E-state index contributed by atoms with van der Waals surface area (Å²) < 4.78 is 18.8. The van der Waals surface area contributed by atoms with Gasteiger partial charge in [0, 0.05) is 46.3 Å². The number of nitrogens with one attached hydrogen (secondary N) is 2. The molecule has 1 saturated heterocycles. The highest BCUT2D eigenvalue weighted by Crippen LogP contribution is 2.20. The van der Waals surface area contributed by atoms with E-state index in [0.717, 1.165) is 44.6 Å². The number of benzene rings is 1. The molecule has 0 atom stereocenters. The van der Waals surface area contributed by atoms with Crippen LogP contribution in [0.3, 0.4) is 0 Å². The Kier molecular flexibility index (Phi) is 11.3. The first-order chi connectivity index (χ1) is 13.4. The zero-order valence-corrected chi connectivity index (χ0v) is 20.0. The Hall–Kier alpha value is -1.62. The maximum Gasteiger partial charge on any atom is 0.243 e. The van der Waals surface area contributed by atoms with Crippen molar-refractivity contribution in [1.29, 1.82) is 0 Å². The molecule has 0 radical (unpaired) electrons. The molecule has 1 heterocycles. The molecule has 1 aliphatic heterocycles. The van der Waals surface area contributed by atoms with E-state index in [2.05, 4.69) is 20.5 Å². The quantitative estimate of drug-likeness (QED) is 0.327. The van der Waals surface area contributed by atoms with Crippen LogP contribution in [0.2, 0.25) is 0 Å². The summed E-state index contributed by atoms with van der Waals surface area (Å²) in [6, 6.07) is 5.42. The van der Waals surface area contributed by atoms with Gasteiger partial charge in [-0.15, -0.1) is 24.0 Å². The third kappa shape index (κ3) is 8.33. The van der Waals surface area contributed by atoms with Gasteiger partial charge in [0.2, 0.25) is 5.91 Å². The molecule has 0 unspecified atom stereocenters. The van der Waals surface area contributed by atoms with E-state index in [1.165, 1.54) is 12.0 Å². The van der Waals surface area contributed by atoms with Crippen molar-refractivity contribution >= 4 is 35.8 Å². The number of guanidine groups is 1. The van der Waals surface area contributed by atoms with Crippen molar-refractivity contribution in [1.82, 2.24) is 20.4 Å². The van der Waals surface area contributed by atoms with Crippen molar-refractivity contribution in [3.8, 4) is 5.75 Å². The average molecular weight is 521 g/mol. The Balaban J connectivity index is 0.00000420. The highest BCUT2D eigenvalue weighted by Gasteiger charge is 2.20. The van der Waals surface area contributed by atoms with Gasteiger partial charge in [-0.05, 0) is 37.5 Å². The van der Waals surface area contributed by atoms with Gasteiger partial charge in [0.15, 0.2) is 17.5 Å². The van der Waals surface area contributed by atoms with Crippen molar-refractivity contribution in [3.63, 3.8) is 0 Å². The molecule has 1 aromatic rings. The molecule has 1 aromatic carbocycles. The van der Waals surface area contributed by atoms with Gasteiger partial charge in [-0.3, -0.25) is 9.69 Å². The first-order valence-electron chi connectivity index (χ1n) is 9.72. The number of amides is 1. The van der Waals surface area contributed by atoms with E-state index < -0.39 is 0 Å². The van der Waals surface area contributed by atoms with Crippen LogP contribution in [0.25, 0.3) is 0 Å². The largest absolute Gasteiger partial charge is 0.494 e. The van der Waals surface area contributed by atoms with Gasteiger partial charge in [-0.1, -0.05) is 6.07 Å². The second-order valence-corrected chi connectivity index (χ2v) is 7.15. The Morgan fingerprint density at radius 2 is 2.03 bits per heavy atom. The summed E-state index contributed by atoms with van der Waals surface area (Å²) in [6.07, 6.45) is 1.93. The number of likely N-dealkylation sites (tertiary alicyclic amines) is 1. The van der Waals surface area contributed by atoms with Crippen LogP contribution in [0.15, 0.2) is 23.2 Å². The minimum Gasteiger partial charge on any atom is -0.494 e. The van der Waals surface area contributed by atoms with Crippen LogP contribution < -0.4 is 15.4 Å². The van der Waals surface area contributed by atoms with E-state index in [9.17, 15) is 9.18 Å². The van der Waals surface area contributed by atoms with E-state index in [0.29, 0.717) is 12.0 Å². The molecule has 0 aliphatic carbocycles. The molecular weight excluding hydrogens is 488 g/mol. The summed E-state index contributed by atoms with van der Waals surface area (Å²) in [4.78, 5) is 20.0. The van der Waals surface area contributed by atoms with Gasteiger partial charge in [-0.2, -0.15) is 0 Å². The number of hydrogen-bond donors (Lipinski definition) is 2. The summed E-state index contributed by atoms with van der Waals surface area (Å²) >= 11 is 0. The molecular formula is C20H33FIN5O2. The smallest absolute Gasteiger partial charge is 0.243 e. The maximum atomic E-state index is 13.9. The van der Waals surface area contributed by atoms with Gasteiger partial charge in [0.05, 0.1) is 7.11 Å². The summed E-state index contributed by atoms with van der Waals surface area (Å²) in [5.41, 5.74) is 0.946. The molecule has 0 aromatic heterocycles. The number of halogens is 2. The first kappa shape index (κ1) is 25.4. The van der Waals surface area contributed by atoms with Crippen LogP contribution in [0, 0.1) is 5.82 Å². The van der Waals surface area contributed by atoms with Crippen LogP contribution in [0.1, 0.15) is 25.3 Å². The van der Waals surface area contributed by atoms with Crippen molar-refractivity contribution in [2.24, 2.45) is 4.99 Å². The molecule has 164 valence electrons. The molecule has 7 nitrogen and oxygen atoms in total. The van der Waals surface area contributed by atoms with E-state index in [4.69, 9.17) is 4.74 Å². The van der Waals surface area contributed by atoms with Crippen LogP contribution in [-0.4, -0.2) is 75.1 Å². The monoisotopic (exact) mass is 521 g/mol. The zero-order valence-electron chi connectivity index (χ0n) is 17.7. The zero-order chi connectivity index (χ0) is 20.5. The Morgan fingerprint density at radius 3 is 2.59 bits per heavy atom. The fourth-order valence-corrected chi connectivity index (χ4v) is 3.10. The second kappa shape index (κ2) is 12.8. The number of hydrogen-bond acceptors (Lipinski definition) is 4.